The number of halogens is 2. The summed E-state index contributed by atoms with van der Waals surface area (Å²) in [6.45, 7) is 4.42. The van der Waals surface area contributed by atoms with E-state index in [1.807, 2.05) is 0 Å². The van der Waals surface area contributed by atoms with Gasteiger partial charge in [0.2, 0.25) is 0 Å². The highest BCUT2D eigenvalue weighted by Gasteiger charge is 2.14. The van der Waals surface area contributed by atoms with Crippen LogP contribution in [0, 0.1) is 0 Å². The molecule has 0 aromatic rings. The molecule has 74 valence electrons. The molecule has 2 heteroatoms. The smallest absolute Gasteiger partial charge is 0.0461 e. The summed E-state index contributed by atoms with van der Waals surface area (Å²) in [6, 6.07) is 0. The Balaban J connectivity index is 3.39. The Labute approximate surface area is 90.2 Å². The Kier molecular flexibility index (Phi) is 8.91. The van der Waals surface area contributed by atoms with Gasteiger partial charge in [-0.15, -0.1) is 11.6 Å². The quantitative estimate of drug-likeness (QED) is 0.577. The maximum atomic E-state index is 6.20. The lowest BCUT2D eigenvalue weighted by atomic mass is 10.1. The molecule has 0 saturated heterocycles. The molecular weight excluding hydrogens is 235 g/mol. The van der Waals surface area contributed by atoms with E-state index in [-0.39, 0.29) is 0 Å². The Morgan fingerprint density at radius 2 is 1.58 bits per heavy atom. The summed E-state index contributed by atoms with van der Waals surface area (Å²) in [5, 5.41) is 0.330. The molecule has 0 heterocycles. The highest BCUT2D eigenvalue weighted by molar-refractivity contribution is 9.09. The summed E-state index contributed by atoms with van der Waals surface area (Å²) < 4.78 is 0. The third kappa shape index (κ3) is 6.30. The van der Waals surface area contributed by atoms with Crippen molar-refractivity contribution in [2.75, 3.05) is 0 Å². The van der Waals surface area contributed by atoms with E-state index in [1.165, 1.54) is 32.1 Å². The van der Waals surface area contributed by atoms with Gasteiger partial charge in [0.05, 0.1) is 0 Å². The van der Waals surface area contributed by atoms with Crippen LogP contribution in [0.15, 0.2) is 0 Å². The van der Waals surface area contributed by atoms with Crippen LogP contribution in [-0.2, 0) is 0 Å². The molecule has 0 N–H and O–H groups in total. The van der Waals surface area contributed by atoms with Crippen LogP contribution >= 0.6 is 27.5 Å². The van der Waals surface area contributed by atoms with Crippen molar-refractivity contribution >= 4 is 27.5 Å². The molecule has 0 bridgehead atoms. The van der Waals surface area contributed by atoms with E-state index in [0.717, 1.165) is 6.42 Å². The predicted molar refractivity (Wildman–Crippen MR) is 61.4 cm³/mol. The second kappa shape index (κ2) is 8.37. The van der Waals surface area contributed by atoms with Gasteiger partial charge >= 0.3 is 0 Å². The molecule has 0 fully saturated rings. The maximum absolute atomic E-state index is 6.20. The highest BCUT2D eigenvalue weighted by atomic mass is 79.9. The van der Waals surface area contributed by atoms with Crippen molar-refractivity contribution in [3.05, 3.63) is 0 Å². The normalized spacial score (nSPS) is 16.0. The molecule has 0 aliphatic carbocycles. The molecule has 0 nitrogen and oxygen atoms in total. The Bertz CT molecular complexity index is 83.8. The van der Waals surface area contributed by atoms with Crippen LogP contribution in [0.4, 0.5) is 0 Å². The minimum absolute atomic E-state index is 0.330. The number of hydrogen-bond acceptors (Lipinski definition) is 0. The van der Waals surface area contributed by atoms with Crippen molar-refractivity contribution in [2.45, 2.75) is 62.6 Å². The molecule has 0 aliphatic heterocycles. The third-order valence-electron chi connectivity index (χ3n) is 2.06. The first-order chi connectivity index (χ1) is 5.72. The SMILES string of the molecule is CCCC[C@@H](Cl)[C@@H](Br)CCCC. The van der Waals surface area contributed by atoms with E-state index in [2.05, 4.69) is 29.8 Å². The summed E-state index contributed by atoms with van der Waals surface area (Å²) in [6.07, 6.45) is 7.41. The highest BCUT2D eigenvalue weighted by Crippen LogP contribution is 2.22. The van der Waals surface area contributed by atoms with Gasteiger partial charge in [-0.2, -0.15) is 0 Å². The van der Waals surface area contributed by atoms with E-state index < -0.39 is 0 Å². The lowest BCUT2D eigenvalue weighted by Gasteiger charge is -2.15. The Morgan fingerprint density at radius 3 is 2.08 bits per heavy atom. The average molecular weight is 256 g/mol. The molecule has 0 rings (SSSR count). The summed E-state index contributed by atoms with van der Waals surface area (Å²) in [7, 11) is 0. The first kappa shape index (κ1) is 12.8. The lowest BCUT2D eigenvalue weighted by Crippen LogP contribution is -2.14. The molecule has 0 spiro atoms. The van der Waals surface area contributed by atoms with Crippen molar-refractivity contribution in [1.82, 2.24) is 0 Å². The van der Waals surface area contributed by atoms with Crippen LogP contribution in [0.25, 0.3) is 0 Å². The molecule has 0 aromatic heterocycles. The summed E-state index contributed by atoms with van der Waals surface area (Å²) in [5.41, 5.74) is 0. The van der Waals surface area contributed by atoms with Gasteiger partial charge in [-0.1, -0.05) is 55.5 Å². The molecule has 0 saturated carbocycles. The molecule has 0 aliphatic rings. The van der Waals surface area contributed by atoms with Gasteiger partial charge in [0.1, 0.15) is 0 Å². The van der Waals surface area contributed by atoms with E-state index >= 15 is 0 Å². The van der Waals surface area contributed by atoms with E-state index in [0.29, 0.717) is 10.2 Å². The zero-order valence-electron chi connectivity index (χ0n) is 8.15. The van der Waals surface area contributed by atoms with Gasteiger partial charge in [0.25, 0.3) is 0 Å². The van der Waals surface area contributed by atoms with E-state index in [1.54, 1.807) is 0 Å². The second-order valence-corrected chi connectivity index (χ2v) is 5.05. The Hall–Kier alpha value is 0.770. The second-order valence-electron chi connectivity index (χ2n) is 3.32. The van der Waals surface area contributed by atoms with E-state index in [4.69, 9.17) is 11.6 Å². The minimum Gasteiger partial charge on any atom is -0.122 e. The van der Waals surface area contributed by atoms with Crippen molar-refractivity contribution in [3.8, 4) is 0 Å². The van der Waals surface area contributed by atoms with Gasteiger partial charge in [-0.25, -0.2) is 0 Å². The Morgan fingerprint density at radius 1 is 1.08 bits per heavy atom. The fourth-order valence-corrected chi connectivity index (χ4v) is 2.03. The van der Waals surface area contributed by atoms with Crippen LogP contribution < -0.4 is 0 Å². The molecule has 2 atom stereocenters. The first-order valence-corrected chi connectivity index (χ1v) is 6.35. The molecule has 0 aromatic carbocycles. The average Bonchev–Trinajstić information content (AvgIpc) is 2.10. The van der Waals surface area contributed by atoms with Crippen molar-refractivity contribution in [1.29, 1.82) is 0 Å². The van der Waals surface area contributed by atoms with E-state index in [9.17, 15) is 0 Å². The van der Waals surface area contributed by atoms with Gasteiger partial charge in [-0.05, 0) is 12.8 Å². The number of alkyl halides is 2. The van der Waals surface area contributed by atoms with Gasteiger partial charge in [0, 0.05) is 10.2 Å². The maximum Gasteiger partial charge on any atom is 0.0461 e. The van der Waals surface area contributed by atoms with Crippen LogP contribution in [0.3, 0.4) is 0 Å². The molecule has 12 heavy (non-hydrogen) atoms. The van der Waals surface area contributed by atoms with Crippen LogP contribution in [0.2, 0.25) is 0 Å². The fourth-order valence-electron chi connectivity index (χ4n) is 1.16. The summed E-state index contributed by atoms with van der Waals surface area (Å²) in [5.74, 6) is 0. The standard InChI is InChI=1S/C10H20BrCl/c1-3-5-7-9(11)10(12)8-6-4-2/h9-10H,3-8H2,1-2H3/t9-,10+/m0/s1. The largest absolute Gasteiger partial charge is 0.122 e. The third-order valence-corrected chi connectivity index (χ3v) is 3.98. The minimum atomic E-state index is 0.330. The van der Waals surface area contributed by atoms with Crippen molar-refractivity contribution in [3.63, 3.8) is 0 Å². The zero-order valence-corrected chi connectivity index (χ0v) is 10.5. The van der Waals surface area contributed by atoms with Crippen LogP contribution in [0.1, 0.15) is 52.4 Å². The van der Waals surface area contributed by atoms with Gasteiger partial charge in [0.15, 0.2) is 0 Å². The van der Waals surface area contributed by atoms with Crippen LogP contribution in [0.5, 0.6) is 0 Å². The zero-order chi connectivity index (χ0) is 9.40. The van der Waals surface area contributed by atoms with Gasteiger partial charge in [-0.3, -0.25) is 0 Å². The first-order valence-electron chi connectivity index (χ1n) is 5.00. The molecule has 0 unspecified atom stereocenters. The molecule has 0 radical (unpaired) electrons. The fraction of sp³-hybridized carbons (Fsp3) is 1.00. The van der Waals surface area contributed by atoms with Crippen molar-refractivity contribution in [2.24, 2.45) is 0 Å². The van der Waals surface area contributed by atoms with Gasteiger partial charge < -0.3 is 0 Å². The summed E-state index contributed by atoms with van der Waals surface area (Å²) in [4.78, 5) is 0.519. The molecular formula is C10H20BrCl. The predicted octanol–water partition coefficient (Wildman–Crippen LogP) is 4.74. The monoisotopic (exact) mass is 254 g/mol. The number of hydrogen-bond donors (Lipinski definition) is 0. The summed E-state index contributed by atoms with van der Waals surface area (Å²) >= 11 is 9.84. The lowest BCUT2D eigenvalue weighted by molar-refractivity contribution is 0.609. The van der Waals surface area contributed by atoms with Crippen LogP contribution in [-0.4, -0.2) is 10.2 Å². The molecule has 0 amide bonds. The number of rotatable bonds is 7. The van der Waals surface area contributed by atoms with Crippen molar-refractivity contribution < 1.29 is 0 Å². The number of unbranched alkanes of at least 4 members (excludes halogenated alkanes) is 2. The topological polar surface area (TPSA) is 0 Å².